The van der Waals surface area contributed by atoms with Gasteiger partial charge < -0.3 is 25.6 Å². The molecule has 8 nitrogen and oxygen atoms in total. The van der Waals surface area contributed by atoms with Crippen LogP contribution < -0.4 is 20.5 Å². The number of nitrogen functional groups attached to an aromatic ring is 1. The molecule has 3 aromatic carbocycles. The van der Waals surface area contributed by atoms with E-state index in [2.05, 4.69) is 5.32 Å². The maximum Gasteiger partial charge on any atom is 0.336 e. The summed E-state index contributed by atoms with van der Waals surface area (Å²) in [5, 5.41) is 19.8. The molecule has 1 heterocycles. The van der Waals surface area contributed by atoms with Crippen LogP contribution >= 0.6 is 0 Å². The molecule has 0 aliphatic carbocycles. The number of nitrogens with one attached hydrogen (secondary N) is 2. The van der Waals surface area contributed by atoms with Crippen molar-refractivity contribution in [2.24, 2.45) is 5.73 Å². The van der Waals surface area contributed by atoms with E-state index in [4.69, 9.17) is 20.6 Å². The number of carbonyl (C=O) groups is 2. The Morgan fingerprint density at radius 3 is 2.40 bits per heavy atom. The second kappa shape index (κ2) is 7.59. The summed E-state index contributed by atoms with van der Waals surface area (Å²) >= 11 is 0. The van der Waals surface area contributed by atoms with Crippen molar-refractivity contribution in [2.45, 2.75) is 0 Å². The number of carbonyl (C=O) groups excluding carboxylic acids is 1. The summed E-state index contributed by atoms with van der Waals surface area (Å²) in [6, 6.07) is 16.2. The third-order valence-corrected chi connectivity index (χ3v) is 4.67. The number of hydrogen-bond donors (Lipinski definition) is 4. The number of rotatable bonds is 5. The van der Waals surface area contributed by atoms with Gasteiger partial charge in [-0.05, 0) is 53.6 Å². The van der Waals surface area contributed by atoms with Crippen molar-refractivity contribution in [3.63, 3.8) is 0 Å². The van der Waals surface area contributed by atoms with Crippen molar-refractivity contribution in [3.05, 3.63) is 77.4 Å². The Bertz CT molecular complexity index is 1170. The van der Waals surface area contributed by atoms with Crippen LogP contribution in [-0.2, 0) is 0 Å². The third-order valence-electron chi connectivity index (χ3n) is 4.67. The molecular formula is C22H17N3O5. The average Bonchev–Trinajstić information content (AvgIpc) is 3.22. The number of carboxylic acids is 1. The molecule has 1 aliphatic heterocycles. The van der Waals surface area contributed by atoms with Gasteiger partial charge in [-0.25, -0.2) is 4.79 Å². The summed E-state index contributed by atoms with van der Waals surface area (Å²) in [7, 11) is 0. The number of amidine groups is 1. The molecule has 150 valence electrons. The molecule has 0 aromatic heterocycles. The molecular weight excluding hydrogens is 386 g/mol. The molecule has 0 fully saturated rings. The van der Waals surface area contributed by atoms with Crippen molar-refractivity contribution in [3.8, 4) is 22.6 Å². The van der Waals surface area contributed by atoms with Crippen LogP contribution in [0.15, 0.2) is 60.7 Å². The number of hydrogen-bond acceptors (Lipinski definition) is 5. The number of carboxylic acid groups (broad SMARTS) is 1. The molecule has 0 saturated carbocycles. The second-order valence-corrected chi connectivity index (χ2v) is 6.52. The van der Waals surface area contributed by atoms with Gasteiger partial charge in [0.15, 0.2) is 11.5 Å². The van der Waals surface area contributed by atoms with Gasteiger partial charge in [0.1, 0.15) is 5.84 Å². The van der Waals surface area contributed by atoms with Crippen molar-refractivity contribution in [2.75, 3.05) is 12.1 Å². The first kappa shape index (κ1) is 19.0. The van der Waals surface area contributed by atoms with E-state index in [1.807, 2.05) is 0 Å². The standard InChI is InChI=1S/C22H17N3O5/c23-20(24)12-5-7-13(8-6-12)25-21(26)18-15(9-10-17-19(18)30-11-29-17)14-3-1-2-4-16(14)22(27)28/h1-10H,11H2,(H3,23,24)(H,25,26)(H,27,28). The van der Waals surface area contributed by atoms with Crippen LogP contribution in [0.1, 0.15) is 26.3 Å². The predicted molar refractivity (Wildman–Crippen MR) is 110 cm³/mol. The highest BCUT2D eigenvalue weighted by atomic mass is 16.7. The fourth-order valence-electron chi connectivity index (χ4n) is 3.25. The van der Waals surface area contributed by atoms with Gasteiger partial charge in [-0.3, -0.25) is 10.2 Å². The van der Waals surface area contributed by atoms with Gasteiger partial charge in [0.2, 0.25) is 6.79 Å². The minimum absolute atomic E-state index is 0.0348. The van der Waals surface area contributed by atoms with Crippen LogP contribution in [-0.4, -0.2) is 29.6 Å². The Balaban J connectivity index is 1.79. The third kappa shape index (κ3) is 3.42. The fraction of sp³-hybridized carbons (Fsp3) is 0.0455. The van der Waals surface area contributed by atoms with Crippen molar-refractivity contribution >= 4 is 23.4 Å². The van der Waals surface area contributed by atoms with E-state index in [-0.39, 0.29) is 29.5 Å². The number of aromatic carboxylic acids is 1. The number of anilines is 1. The number of fused-ring (bicyclic) bond motifs is 1. The zero-order valence-electron chi connectivity index (χ0n) is 15.6. The van der Waals surface area contributed by atoms with Crippen molar-refractivity contribution in [1.29, 1.82) is 5.41 Å². The summed E-state index contributed by atoms with van der Waals surface area (Å²) in [5.41, 5.74) is 7.51. The lowest BCUT2D eigenvalue weighted by Gasteiger charge is -2.15. The Morgan fingerprint density at radius 2 is 1.70 bits per heavy atom. The first-order chi connectivity index (χ1) is 14.5. The average molecular weight is 403 g/mol. The van der Waals surface area contributed by atoms with Crippen LogP contribution in [0.5, 0.6) is 11.5 Å². The summed E-state index contributed by atoms with van der Waals surface area (Å²) in [6.07, 6.45) is 0. The molecule has 0 unspecified atom stereocenters. The number of amides is 1. The van der Waals surface area contributed by atoms with E-state index in [1.165, 1.54) is 6.07 Å². The molecule has 30 heavy (non-hydrogen) atoms. The topological polar surface area (TPSA) is 135 Å². The molecule has 3 aromatic rings. The normalized spacial score (nSPS) is 11.7. The van der Waals surface area contributed by atoms with Gasteiger partial charge in [0, 0.05) is 11.3 Å². The van der Waals surface area contributed by atoms with Crippen molar-refractivity contribution < 1.29 is 24.2 Å². The first-order valence-corrected chi connectivity index (χ1v) is 8.97. The Morgan fingerprint density at radius 1 is 0.967 bits per heavy atom. The van der Waals surface area contributed by atoms with Gasteiger partial charge in [0.25, 0.3) is 5.91 Å². The molecule has 1 amide bonds. The zero-order chi connectivity index (χ0) is 21.3. The zero-order valence-corrected chi connectivity index (χ0v) is 15.6. The highest BCUT2D eigenvalue weighted by Gasteiger charge is 2.28. The monoisotopic (exact) mass is 403 g/mol. The first-order valence-electron chi connectivity index (χ1n) is 8.97. The minimum atomic E-state index is -1.10. The van der Waals surface area contributed by atoms with Gasteiger partial charge in [0.05, 0.1) is 11.1 Å². The highest BCUT2D eigenvalue weighted by Crippen LogP contribution is 2.42. The van der Waals surface area contributed by atoms with Crippen LogP contribution in [0.4, 0.5) is 5.69 Å². The number of nitrogens with two attached hydrogens (primary N) is 1. The lowest BCUT2D eigenvalue weighted by molar-refractivity contribution is 0.0697. The van der Waals surface area contributed by atoms with E-state index in [1.54, 1.807) is 54.6 Å². The lowest BCUT2D eigenvalue weighted by Crippen LogP contribution is -2.15. The molecule has 0 spiro atoms. The van der Waals surface area contributed by atoms with Gasteiger partial charge in [-0.15, -0.1) is 0 Å². The largest absolute Gasteiger partial charge is 0.478 e. The molecule has 1 aliphatic rings. The molecule has 0 saturated heterocycles. The Hall–Kier alpha value is -4.33. The lowest BCUT2D eigenvalue weighted by atomic mass is 9.94. The van der Waals surface area contributed by atoms with Gasteiger partial charge in [-0.1, -0.05) is 18.2 Å². The maximum atomic E-state index is 13.2. The molecule has 5 N–H and O–H groups in total. The van der Waals surface area contributed by atoms with Crippen LogP contribution in [0.25, 0.3) is 11.1 Å². The van der Waals surface area contributed by atoms with Gasteiger partial charge >= 0.3 is 5.97 Å². The van der Waals surface area contributed by atoms with Crippen molar-refractivity contribution in [1.82, 2.24) is 0 Å². The summed E-state index contributed by atoms with van der Waals surface area (Å²) in [5.74, 6) is -1.00. The maximum absolute atomic E-state index is 13.2. The highest BCUT2D eigenvalue weighted by molar-refractivity contribution is 6.13. The minimum Gasteiger partial charge on any atom is -0.478 e. The molecule has 4 rings (SSSR count). The second-order valence-electron chi connectivity index (χ2n) is 6.52. The van der Waals surface area contributed by atoms with E-state index < -0.39 is 11.9 Å². The summed E-state index contributed by atoms with van der Waals surface area (Å²) in [6.45, 7) is -0.0348. The molecule has 0 bridgehead atoms. The molecule has 0 atom stereocenters. The van der Waals surface area contributed by atoms with E-state index in [0.29, 0.717) is 28.1 Å². The summed E-state index contributed by atoms with van der Waals surface area (Å²) in [4.78, 5) is 24.9. The quantitative estimate of drug-likeness (QED) is 0.381. The molecule has 8 heteroatoms. The van der Waals surface area contributed by atoms with Gasteiger partial charge in [-0.2, -0.15) is 0 Å². The fourth-order valence-corrected chi connectivity index (χ4v) is 3.25. The van der Waals surface area contributed by atoms with E-state index >= 15 is 0 Å². The smallest absolute Gasteiger partial charge is 0.336 e. The van der Waals surface area contributed by atoms with E-state index in [0.717, 1.165) is 0 Å². The van der Waals surface area contributed by atoms with Crippen LogP contribution in [0.3, 0.4) is 0 Å². The predicted octanol–water partition coefficient (Wildman–Crippen LogP) is 3.32. The van der Waals surface area contributed by atoms with Crippen LogP contribution in [0, 0.1) is 5.41 Å². The Labute approximate surface area is 171 Å². The molecule has 0 radical (unpaired) electrons. The number of ether oxygens (including phenoxy) is 2. The van der Waals surface area contributed by atoms with E-state index in [9.17, 15) is 14.7 Å². The SMILES string of the molecule is N=C(N)c1ccc(NC(=O)c2c(-c3ccccc3C(=O)O)ccc3c2OCO3)cc1. The summed E-state index contributed by atoms with van der Waals surface area (Å²) < 4.78 is 10.9. The Kier molecular flexibility index (Phi) is 4.81. The number of benzene rings is 3. The van der Waals surface area contributed by atoms with Crippen LogP contribution in [0.2, 0.25) is 0 Å².